The molecule has 0 aliphatic carbocycles. The molecule has 0 radical (unpaired) electrons. The molecule has 5 heteroatoms. The molecule has 0 saturated heterocycles. The largest absolute Gasteiger partial charge is 0.306 e. The minimum Gasteiger partial charge on any atom is -0.306 e. The Balaban J connectivity index is 1.90. The van der Waals surface area contributed by atoms with Crippen molar-refractivity contribution in [3.05, 3.63) is 47.5 Å². The summed E-state index contributed by atoms with van der Waals surface area (Å²) in [4.78, 5) is 4.27. The molecule has 2 aromatic rings. The third kappa shape index (κ3) is 3.78. The number of nitrogens with one attached hydrogen (secondary N) is 1. The highest BCUT2D eigenvalue weighted by Gasteiger charge is 2.06. The van der Waals surface area contributed by atoms with Gasteiger partial charge in [0.2, 0.25) is 0 Å². The van der Waals surface area contributed by atoms with Crippen molar-refractivity contribution in [3.63, 3.8) is 0 Å². The van der Waals surface area contributed by atoms with Gasteiger partial charge in [-0.3, -0.25) is 0 Å². The van der Waals surface area contributed by atoms with Gasteiger partial charge in [-0.25, -0.2) is 9.67 Å². The maximum absolute atomic E-state index is 5.83. The third-order valence-electron chi connectivity index (χ3n) is 2.89. The van der Waals surface area contributed by atoms with Crippen LogP contribution in [0, 0.1) is 0 Å². The number of rotatable bonds is 6. The fourth-order valence-electron chi connectivity index (χ4n) is 1.97. The van der Waals surface area contributed by atoms with Crippen LogP contribution >= 0.6 is 11.6 Å². The van der Waals surface area contributed by atoms with Gasteiger partial charge in [-0.15, -0.1) is 11.6 Å². The molecule has 2 rings (SSSR count). The quantitative estimate of drug-likeness (QED) is 0.826. The molecule has 1 aromatic heterocycles. The lowest BCUT2D eigenvalue weighted by Crippen LogP contribution is -2.18. The monoisotopic (exact) mass is 278 g/mol. The highest BCUT2D eigenvalue weighted by molar-refractivity contribution is 6.17. The first-order chi connectivity index (χ1) is 9.20. The molecule has 0 aliphatic heterocycles. The zero-order valence-corrected chi connectivity index (χ0v) is 12.1. The van der Waals surface area contributed by atoms with Gasteiger partial charge in [-0.1, -0.05) is 24.3 Å². The van der Waals surface area contributed by atoms with Crippen molar-refractivity contribution in [3.8, 4) is 0 Å². The van der Waals surface area contributed by atoms with E-state index in [0.717, 1.165) is 17.9 Å². The number of benzene rings is 1. The lowest BCUT2D eigenvalue weighted by molar-refractivity contribution is 0.490. The molecule has 0 unspecified atom stereocenters. The molecule has 0 atom stereocenters. The fourth-order valence-corrected chi connectivity index (χ4v) is 2.14. The van der Waals surface area contributed by atoms with Gasteiger partial charge in [-0.05, 0) is 25.0 Å². The summed E-state index contributed by atoms with van der Waals surface area (Å²) >= 11 is 5.83. The van der Waals surface area contributed by atoms with Crippen LogP contribution in [0.15, 0.2) is 30.6 Å². The van der Waals surface area contributed by atoms with Gasteiger partial charge in [-0.2, -0.15) is 5.10 Å². The van der Waals surface area contributed by atoms with Crippen LogP contribution in [0.2, 0.25) is 0 Å². The number of aromatic nitrogens is 3. The minimum atomic E-state index is 0.332. The van der Waals surface area contributed by atoms with E-state index < -0.39 is 0 Å². The maximum Gasteiger partial charge on any atom is 0.141 e. The molecule has 0 bridgehead atoms. The van der Waals surface area contributed by atoms with E-state index in [2.05, 4.69) is 41.4 Å². The fraction of sp³-hybridized carbons (Fsp3) is 0.429. The van der Waals surface area contributed by atoms with Crippen LogP contribution < -0.4 is 5.32 Å². The zero-order valence-electron chi connectivity index (χ0n) is 11.3. The number of hydrogen-bond acceptors (Lipinski definition) is 3. The smallest absolute Gasteiger partial charge is 0.141 e. The average Bonchev–Trinajstić information content (AvgIpc) is 2.87. The Labute approximate surface area is 118 Å². The van der Waals surface area contributed by atoms with Gasteiger partial charge in [0.05, 0.1) is 6.54 Å². The summed E-state index contributed by atoms with van der Waals surface area (Å²) in [5.41, 5.74) is 2.38. The topological polar surface area (TPSA) is 42.7 Å². The summed E-state index contributed by atoms with van der Waals surface area (Å²) in [6, 6.07) is 8.61. The number of alkyl halides is 1. The first-order valence-electron chi connectivity index (χ1n) is 6.43. The summed E-state index contributed by atoms with van der Waals surface area (Å²) < 4.78 is 1.93. The van der Waals surface area contributed by atoms with Crippen LogP contribution in [0.25, 0.3) is 0 Å². The van der Waals surface area contributed by atoms with Gasteiger partial charge in [0.15, 0.2) is 0 Å². The molecule has 1 N–H and O–H groups in total. The van der Waals surface area contributed by atoms with Crippen molar-refractivity contribution in [2.24, 2.45) is 0 Å². The van der Waals surface area contributed by atoms with E-state index in [-0.39, 0.29) is 0 Å². The molecule has 0 spiro atoms. The van der Waals surface area contributed by atoms with E-state index in [1.54, 1.807) is 6.33 Å². The molecule has 0 saturated carbocycles. The van der Waals surface area contributed by atoms with E-state index >= 15 is 0 Å². The predicted molar refractivity (Wildman–Crippen MR) is 76.9 cm³/mol. The highest BCUT2D eigenvalue weighted by atomic mass is 35.5. The van der Waals surface area contributed by atoms with Gasteiger partial charge >= 0.3 is 0 Å². The number of nitrogens with zero attached hydrogens (tertiary/aromatic N) is 3. The normalized spacial score (nSPS) is 11.2. The van der Waals surface area contributed by atoms with E-state index in [1.165, 1.54) is 5.56 Å². The van der Waals surface area contributed by atoms with Gasteiger partial charge in [0.1, 0.15) is 12.2 Å². The molecule has 1 heterocycles. The molecule has 19 heavy (non-hydrogen) atoms. The Morgan fingerprint density at radius 3 is 2.79 bits per heavy atom. The van der Waals surface area contributed by atoms with Crippen LogP contribution in [0.3, 0.4) is 0 Å². The van der Waals surface area contributed by atoms with Crippen LogP contribution in [-0.4, -0.2) is 14.8 Å². The van der Waals surface area contributed by atoms with E-state index in [0.29, 0.717) is 18.5 Å². The Hall–Kier alpha value is -1.39. The van der Waals surface area contributed by atoms with E-state index in [9.17, 15) is 0 Å². The average molecular weight is 279 g/mol. The highest BCUT2D eigenvalue weighted by Crippen LogP contribution is 2.08. The second-order valence-corrected chi connectivity index (χ2v) is 5.04. The summed E-state index contributed by atoms with van der Waals surface area (Å²) in [5, 5.41) is 7.60. The molecular formula is C14H19ClN4. The van der Waals surface area contributed by atoms with Crippen LogP contribution in [-0.2, 0) is 19.0 Å². The van der Waals surface area contributed by atoms with Crippen LogP contribution in [0.1, 0.15) is 36.8 Å². The summed E-state index contributed by atoms with van der Waals surface area (Å²) in [6.45, 7) is 5.71. The third-order valence-corrected chi connectivity index (χ3v) is 3.20. The van der Waals surface area contributed by atoms with E-state index in [1.807, 2.05) is 16.8 Å². The molecule has 102 valence electrons. The minimum absolute atomic E-state index is 0.332. The van der Waals surface area contributed by atoms with Crippen molar-refractivity contribution >= 4 is 11.6 Å². The Morgan fingerprint density at radius 1 is 1.26 bits per heavy atom. The summed E-state index contributed by atoms with van der Waals surface area (Å²) in [5.74, 6) is 1.51. The lowest BCUT2D eigenvalue weighted by atomic mass is 10.1. The van der Waals surface area contributed by atoms with Crippen molar-refractivity contribution in [2.45, 2.75) is 38.9 Å². The molecule has 0 fully saturated rings. The second kappa shape index (κ2) is 6.68. The van der Waals surface area contributed by atoms with Crippen LogP contribution in [0.5, 0.6) is 0 Å². The van der Waals surface area contributed by atoms with Crippen molar-refractivity contribution < 1.29 is 0 Å². The lowest BCUT2D eigenvalue weighted by Gasteiger charge is -2.10. The molecule has 0 amide bonds. The second-order valence-electron chi connectivity index (χ2n) is 4.77. The standard InChI is InChI=1S/C14H19ClN4/c1-11(2)19-14(17-10-18-19)9-16-8-13-5-3-4-12(6-13)7-15/h3-6,10-11,16H,7-9H2,1-2H3. The number of hydrogen-bond donors (Lipinski definition) is 1. The van der Waals surface area contributed by atoms with E-state index in [4.69, 9.17) is 11.6 Å². The first kappa shape index (κ1) is 14.0. The Bertz CT molecular complexity index is 522. The maximum atomic E-state index is 5.83. The Kier molecular flexibility index (Phi) is 4.93. The van der Waals surface area contributed by atoms with Gasteiger partial charge < -0.3 is 5.32 Å². The molecule has 0 aliphatic rings. The number of halogens is 1. The SMILES string of the molecule is CC(C)n1ncnc1CNCc1cccc(CCl)c1. The summed E-state index contributed by atoms with van der Waals surface area (Å²) in [6.07, 6.45) is 1.60. The van der Waals surface area contributed by atoms with Gasteiger partial charge in [0.25, 0.3) is 0 Å². The summed E-state index contributed by atoms with van der Waals surface area (Å²) in [7, 11) is 0. The zero-order chi connectivity index (χ0) is 13.7. The Morgan fingerprint density at radius 2 is 2.05 bits per heavy atom. The van der Waals surface area contributed by atoms with Gasteiger partial charge in [0, 0.05) is 18.5 Å². The van der Waals surface area contributed by atoms with Crippen molar-refractivity contribution in [1.29, 1.82) is 0 Å². The molecular weight excluding hydrogens is 260 g/mol. The molecule has 1 aromatic carbocycles. The molecule has 4 nitrogen and oxygen atoms in total. The van der Waals surface area contributed by atoms with Crippen molar-refractivity contribution in [2.75, 3.05) is 0 Å². The predicted octanol–water partition coefficient (Wildman–Crippen LogP) is 2.89. The van der Waals surface area contributed by atoms with Crippen molar-refractivity contribution in [1.82, 2.24) is 20.1 Å². The first-order valence-corrected chi connectivity index (χ1v) is 6.97. The van der Waals surface area contributed by atoms with Crippen LogP contribution in [0.4, 0.5) is 0 Å².